The molecule has 0 fully saturated rings. The quantitative estimate of drug-likeness (QED) is 0.276. The van der Waals surface area contributed by atoms with E-state index in [1.807, 2.05) is 13.8 Å². The van der Waals surface area contributed by atoms with E-state index in [4.69, 9.17) is 19.8 Å². The number of carboxylic acids is 2. The molecule has 0 saturated carbocycles. The van der Waals surface area contributed by atoms with Gasteiger partial charge in [-0.1, -0.05) is 73.9 Å². The minimum absolute atomic E-state index is 0. The van der Waals surface area contributed by atoms with Gasteiger partial charge in [0.2, 0.25) is 0 Å². The van der Waals surface area contributed by atoms with Crippen LogP contribution in [0, 0.1) is 13.8 Å². The van der Waals surface area contributed by atoms with E-state index < -0.39 is 28.1 Å². The van der Waals surface area contributed by atoms with Crippen molar-refractivity contribution in [2.45, 2.75) is 67.0 Å². The first-order valence-corrected chi connectivity index (χ1v) is 19.3. The summed E-state index contributed by atoms with van der Waals surface area (Å²) in [6.07, 6.45) is 3.49. The molecule has 0 amide bonds. The van der Waals surface area contributed by atoms with Gasteiger partial charge in [-0.3, -0.25) is 9.98 Å². The van der Waals surface area contributed by atoms with Crippen LogP contribution in [0.25, 0.3) is 0 Å². The Morgan fingerprint density at radius 2 is 0.974 bits per heavy atom. The number of nitrogens with zero attached hydrogens (tertiary/aromatic N) is 2. The molecule has 2 N–H and O–H groups in total. The van der Waals surface area contributed by atoms with Crippen LogP contribution in [0.3, 0.4) is 0 Å². The third kappa shape index (κ3) is 15.4. The zero-order chi connectivity index (χ0) is 29.8. The minimum atomic E-state index is -1.46. The van der Waals surface area contributed by atoms with Crippen molar-refractivity contribution in [3.05, 3.63) is 46.5 Å². The van der Waals surface area contributed by atoms with Crippen molar-refractivity contribution in [3.63, 3.8) is 0 Å². The molecule has 0 aromatic heterocycles. The van der Waals surface area contributed by atoms with E-state index in [-0.39, 0.29) is 16.8 Å². The van der Waals surface area contributed by atoms with E-state index in [2.05, 4.69) is 73.5 Å². The smallest absolute Gasteiger partial charge is 0.550 e. The molecular weight excluding hydrogens is 575 g/mol. The van der Waals surface area contributed by atoms with Gasteiger partial charge in [0.25, 0.3) is 0 Å². The average Bonchev–Trinajstić information content (AvgIpc) is 2.73. The standard InChI is InChI=1S/C24H36N2O2Si2.2C2H4O2.Co/c1-17-11-21(29(3,4)5)13-19(23(17)27)15-25-9-10-26-16-20-14-22(30(6,7)8)12-18(2)24(20)28;2*1-2(3)4;/h11-16,27-28H,9-10H2,1-8H3;2*1H3,(H,3,4);/q;;;+2/p-2. The Hall–Kier alpha value is -2.74. The van der Waals surface area contributed by atoms with E-state index in [1.165, 1.54) is 10.4 Å². The second kappa shape index (κ2) is 17.1. The monoisotopic (exact) mass is 617 g/mol. The fraction of sp³-hybridized carbons (Fsp3) is 0.429. The number of phenolic OH excluding ortho intramolecular Hbond substituents is 2. The number of benzene rings is 2. The molecule has 217 valence electrons. The molecule has 0 heterocycles. The summed E-state index contributed by atoms with van der Waals surface area (Å²) in [6, 6.07) is 8.30. The number of hydrogen-bond donors (Lipinski definition) is 2. The Morgan fingerprint density at radius 3 is 1.21 bits per heavy atom. The molecule has 2 rings (SSSR count). The Kier molecular flexibility index (Phi) is 16.8. The first-order valence-electron chi connectivity index (χ1n) is 12.3. The number of rotatable bonds is 7. The van der Waals surface area contributed by atoms with Crippen molar-refractivity contribution in [2.75, 3.05) is 13.1 Å². The van der Waals surface area contributed by atoms with Crippen LogP contribution in [0.4, 0.5) is 0 Å². The van der Waals surface area contributed by atoms with E-state index in [0.717, 1.165) is 36.1 Å². The maximum Gasteiger partial charge on any atom is 2.00 e. The molecule has 2 aromatic carbocycles. The molecule has 0 aliphatic heterocycles. The summed E-state index contributed by atoms with van der Waals surface area (Å²) in [7, 11) is -2.92. The number of carbonyl (C=O) groups excluding carboxylic acids is 2. The first kappa shape index (κ1) is 38.4. The summed E-state index contributed by atoms with van der Waals surface area (Å²) in [5.41, 5.74) is 3.32. The molecule has 1 radical (unpaired) electrons. The Balaban J connectivity index is 0. The summed E-state index contributed by atoms with van der Waals surface area (Å²) in [6.45, 7) is 20.6. The number of carbonyl (C=O) groups is 2. The summed E-state index contributed by atoms with van der Waals surface area (Å²) >= 11 is 0. The van der Waals surface area contributed by atoms with Gasteiger partial charge in [0.1, 0.15) is 11.5 Å². The van der Waals surface area contributed by atoms with Gasteiger partial charge < -0.3 is 30.0 Å². The van der Waals surface area contributed by atoms with Crippen LogP contribution in [0.5, 0.6) is 11.5 Å². The molecule has 39 heavy (non-hydrogen) atoms. The van der Waals surface area contributed by atoms with Gasteiger partial charge in [-0.15, -0.1) is 0 Å². The van der Waals surface area contributed by atoms with E-state index in [9.17, 15) is 10.2 Å². The largest absolute Gasteiger partial charge is 2.00 e. The van der Waals surface area contributed by atoms with Crippen molar-refractivity contribution in [1.82, 2.24) is 0 Å². The summed E-state index contributed by atoms with van der Waals surface area (Å²) in [4.78, 5) is 26.7. The Labute approximate surface area is 245 Å². The summed E-state index contributed by atoms with van der Waals surface area (Å²) < 4.78 is 0. The Morgan fingerprint density at radius 1 is 0.718 bits per heavy atom. The molecule has 8 nitrogen and oxygen atoms in total. The van der Waals surface area contributed by atoms with Gasteiger partial charge in [0.05, 0.1) is 29.2 Å². The van der Waals surface area contributed by atoms with E-state index in [1.54, 1.807) is 12.4 Å². The number of phenols is 2. The van der Waals surface area contributed by atoms with Gasteiger partial charge in [0, 0.05) is 35.5 Å². The molecule has 11 heteroatoms. The van der Waals surface area contributed by atoms with Crippen molar-refractivity contribution in [1.29, 1.82) is 0 Å². The zero-order valence-corrected chi connectivity index (χ0v) is 27.7. The maximum atomic E-state index is 10.4. The predicted molar refractivity (Wildman–Crippen MR) is 158 cm³/mol. The van der Waals surface area contributed by atoms with Gasteiger partial charge in [0.15, 0.2) is 0 Å². The topological polar surface area (TPSA) is 145 Å². The number of aryl methyl sites for hydroxylation is 2. The van der Waals surface area contributed by atoms with E-state index >= 15 is 0 Å². The number of hydrogen-bond acceptors (Lipinski definition) is 8. The SMILES string of the molecule is CC(=O)[O-].CC(=O)[O-].Cc1cc([Si](C)(C)C)cc(C=NCCN=Cc2cc([Si](C)(C)C)cc(C)c2O)c1O.[Co+2]. The first-order chi connectivity index (χ1) is 17.3. The Bertz CT molecular complexity index is 1070. The fourth-order valence-corrected chi connectivity index (χ4v) is 5.59. The van der Waals surface area contributed by atoms with Crippen LogP contribution < -0.4 is 20.6 Å². The second-order valence-electron chi connectivity index (χ2n) is 11.0. The molecule has 0 aliphatic rings. The third-order valence-corrected chi connectivity index (χ3v) is 9.25. The second-order valence-corrected chi connectivity index (χ2v) is 21.2. The number of aliphatic carboxylic acids is 2. The molecule has 0 unspecified atom stereocenters. The molecular formula is C28H42CoN2O6Si2. The van der Waals surface area contributed by atoms with Gasteiger partial charge in [-0.05, 0) is 38.8 Å². The van der Waals surface area contributed by atoms with Gasteiger partial charge in [-0.2, -0.15) is 0 Å². The normalized spacial score (nSPS) is 11.2. The van der Waals surface area contributed by atoms with Gasteiger partial charge in [-0.25, -0.2) is 0 Å². The molecule has 0 saturated heterocycles. The third-order valence-electron chi connectivity index (χ3n) is 5.21. The predicted octanol–water partition coefficient (Wildman–Crippen LogP) is 1.85. The number of aliphatic imine (C=N–C) groups is 2. The van der Waals surface area contributed by atoms with Crippen molar-refractivity contribution in [2.24, 2.45) is 9.98 Å². The van der Waals surface area contributed by atoms with Crippen molar-refractivity contribution in [3.8, 4) is 11.5 Å². The molecule has 2 aromatic rings. The van der Waals surface area contributed by atoms with Gasteiger partial charge >= 0.3 is 16.8 Å². The molecule has 0 atom stereocenters. The zero-order valence-electron chi connectivity index (χ0n) is 24.6. The van der Waals surface area contributed by atoms with E-state index in [0.29, 0.717) is 24.6 Å². The van der Waals surface area contributed by atoms with Crippen molar-refractivity contribution >= 4 is 50.9 Å². The molecule has 0 aliphatic carbocycles. The fourth-order valence-electron chi connectivity index (χ4n) is 3.12. The van der Waals surface area contributed by atoms with Crippen LogP contribution in [0.15, 0.2) is 34.3 Å². The number of carboxylic acid groups (broad SMARTS) is 2. The van der Waals surface area contributed by atoms with Crippen molar-refractivity contribution < 1.29 is 46.8 Å². The van der Waals surface area contributed by atoms with Crippen LogP contribution in [-0.4, -0.2) is 63.8 Å². The molecule has 0 spiro atoms. The minimum Gasteiger partial charge on any atom is -0.550 e. The average molecular weight is 618 g/mol. The molecule has 0 bridgehead atoms. The summed E-state index contributed by atoms with van der Waals surface area (Å²) in [5.74, 6) is -1.57. The maximum absolute atomic E-state index is 10.4. The van der Waals surface area contributed by atoms with Crippen LogP contribution in [0.2, 0.25) is 39.3 Å². The van der Waals surface area contributed by atoms with Crippen LogP contribution >= 0.6 is 0 Å². The van der Waals surface area contributed by atoms with Crippen LogP contribution in [0.1, 0.15) is 36.1 Å². The number of aromatic hydroxyl groups is 2. The van der Waals surface area contributed by atoms with Crippen LogP contribution in [-0.2, 0) is 26.4 Å². The summed E-state index contributed by atoms with van der Waals surface area (Å²) in [5, 5.41) is 41.1.